The summed E-state index contributed by atoms with van der Waals surface area (Å²) < 4.78 is 28.0. The maximum absolute atomic E-state index is 14.3. The second kappa shape index (κ2) is 8.57. The van der Waals surface area contributed by atoms with E-state index in [2.05, 4.69) is 31.2 Å². The number of hydrogen-bond donors (Lipinski definition) is 0. The summed E-state index contributed by atoms with van der Waals surface area (Å²) in [5, 5.41) is 0. The zero-order valence-electron chi connectivity index (χ0n) is 14.9. The molecule has 0 N–H and O–H groups in total. The van der Waals surface area contributed by atoms with Crippen LogP contribution in [-0.2, 0) is 6.42 Å². The van der Waals surface area contributed by atoms with Gasteiger partial charge in [0.25, 0.3) is 0 Å². The molecule has 0 aromatic heterocycles. The van der Waals surface area contributed by atoms with E-state index in [4.69, 9.17) is 0 Å². The van der Waals surface area contributed by atoms with Crippen molar-refractivity contribution in [3.8, 4) is 22.3 Å². The molecular weight excluding hydrogens is 326 g/mol. The number of hydrogen-bond acceptors (Lipinski definition) is 0. The lowest BCUT2D eigenvalue weighted by atomic mass is 9.93. The molecule has 0 aliphatic heterocycles. The summed E-state index contributed by atoms with van der Waals surface area (Å²) >= 11 is 0. The molecule has 0 spiro atoms. The Kier molecular flexibility index (Phi) is 5.96. The quantitative estimate of drug-likeness (QED) is 0.413. The lowest BCUT2D eigenvalue weighted by molar-refractivity contribution is 0.511. The van der Waals surface area contributed by atoms with Crippen molar-refractivity contribution in [2.45, 2.75) is 26.2 Å². The number of allylic oxidation sites excluding steroid dienone is 2. The molecule has 3 aromatic carbocycles. The molecular formula is C24H22F2. The molecule has 3 aromatic rings. The van der Waals surface area contributed by atoms with Crippen LogP contribution in [0.3, 0.4) is 0 Å². The molecule has 0 saturated heterocycles. The molecule has 0 aliphatic carbocycles. The van der Waals surface area contributed by atoms with Crippen molar-refractivity contribution in [3.05, 3.63) is 96.1 Å². The predicted octanol–water partition coefficient (Wildman–Crippen LogP) is 7.20. The Morgan fingerprint density at radius 3 is 2.31 bits per heavy atom. The summed E-state index contributed by atoms with van der Waals surface area (Å²) in [4.78, 5) is 0. The van der Waals surface area contributed by atoms with E-state index in [9.17, 15) is 8.78 Å². The van der Waals surface area contributed by atoms with E-state index < -0.39 is 11.6 Å². The molecule has 0 unspecified atom stereocenters. The first-order valence-electron chi connectivity index (χ1n) is 8.98. The molecule has 0 atom stereocenters. The van der Waals surface area contributed by atoms with Gasteiger partial charge in [-0.15, -0.1) is 0 Å². The third-order valence-corrected chi connectivity index (χ3v) is 4.41. The second-order valence-corrected chi connectivity index (χ2v) is 6.27. The first kappa shape index (κ1) is 18.1. The summed E-state index contributed by atoms with van der Waals surface area (Å²) in [6, 6.07) is 20.2. The first-order valence-corrected chi connectivity index (χ1v) is 8.98. The van der Waals surface area contributed by atoms with E-state index in [-0.39, 0.29) is 5.56 Å². The van der Waals surface area contributed by atoms with Crippen molar-refractivity contribution in [2.75, 3.05) is 0 Å². The van der Waals surface area contributed by atoms with Crippen LogP contribution in [-0.4, -0.2) is 0 Å². The van der Waals surface area contributed by atoms with Gasteiger partial charge in [-0.1, -0.05) is 79.7 Å². The molecule has 0 nitrogen and oxygen atoms in total. The van der Waals surface area contributed by atoms with Crippen molar-refractivity contribution in [3.63, 3.8) is 0 Å². The van der Waals surface area contributed by atoms with Gasteiger partial charge in [-0.05, 0) is 47.6 Å². The van der Waals surface area contributed by atoms with Crippen molar-refractivity contribution in [1.82, 2.24) is 0 Å². The van der Waals surface area contributed by atoms with Crippen LogP contribution < -0.4 is 0 Å². The van der Waals surface area contributed by atoms with Crippen LogP contribution in [0.4, 0.5) is 8.78 Å². The summed E-state index contributed by atoms with van der Waals surface area (Å²) in [6.45, 7) is 2.12. The van der Waals surface area contributed by atoms with Crippen LogP contribution in [0.2, 0.25) is 0 Å². The van der Waals surface area contributed by atoms with E-state index in [1.54, 1.807) is 12.1 Å². The van der Waals surface area contributed by atoms with E-state index in [1.807, 2.05) is 36.4 Å². The molecule has 0 bridgehead atoms. The minimum absolute atomic E-state index is 0.289. The van der Waals surface area contributed by atoms with Gasteiger partial charge in [0.1, 0.15) is 0 Å². The topological polar surface area (TPSA) is 0 Å². The minimum atomic E-state index is -0.825. The molecule has 0 aliphatic rings. The highest BCUT2D eigenvalue weighted by atomic mass is 19.2. The van der Waals surface area contributed by atoms with Crippen molar-refractivity contribution in [2.24, 2.45) is 0 Å². The van der Waals surface area contributed by atoms with Crippen LogP contribution in [0, 0.1) is 11.6 Å². The third-order valence-electron chi connectivity index (χ3n) is 4.41. The monoisotopic (exact) mass is 348 g/mol. The van der Waals surface area contributed by atoms with Gasteiger partial charge in [-0.3, -0.25) is 0 Å². The van der Waals surface area contributed by atoms with Crippen LogP contribution >= 0.6 is 0 Å². The molecule has 2 heteroatoms. The Morgan fingerprint density at radius 1 is 0.769 bits per heavy atom. The Hall–Kier alpha value is -2.74. The highest BCUT2D eigenvalue weighted by molar-refractivity contribution is 5.83. The fraction of sp³-hybridized carbons (Fsp3) is 0.167. The zero-order valence-corrected chi connectivity index (χ0v) is 14.9. The molecule has 0 heterocycles. The normalized spacial score (nSPS) is 11.2. The maximum Gasteiger partial charge on any atom is 0.166 e. The smallest absolute Gasteiger partial charge is 0.166 e. The lowest BCUT2D eigenvalue weighted by Gasteiger charge is -2.12. The molecule has 132 valence electrons. The van der Waals surface area contributed by atoms with Gasteiger partial charge in [0.15, 0.2) is 11.6 Å². The number of aryl methyl sites for hydroxylation is 1. The van der Waals surface area contributed by atoms with Crippen LogP contribution in [0.25, 0.3) is 22.3 Å². The molecule has 0 radical (unpaired) electrons. The molecule has 0 fully saturated rings. The molecule has 0 saturated carbocycles. The van der Waals surface area contributed by atoms with Gasteiger partial charge in [-0.2, -0.15) is 0 Å². The van der Waals surface area contributed by atoms with Gasteiger partial charge >= 0.3 is 0 Å². The number of halogens is 2. The largest absolute Gasteiger partial charge is 0.204 e. The predicted molar refractivity (Wildman–Crippen MR) is 105 cm³/mol. The van der Waals surface area contributed by atoms with E-state index in [0.717, 1.165) is 36.5 Å². The van der Waals surface area contributed by atoms with E-state index in [0.29, 0.717) is 5.56 Å². The van der Waals surface area contributed by atoms with Crippen LogP contribution in [0.1, 0.15) is 25.3 Å². The Morgan fingerprint density at radius 2 is 1.50 bits per heavy atom. The van der Waals surface area contributed by atoms with Gasteiger partial charge in [0.05, 0.1) is 0 Å². The Balaban J connectivity index is 1.98. The van der Waals surface area contributed by atoms with Gasteiger partial charge in [-0.25, -0.2) is 8.78 Å². The summed E-state index contributed by atoms with van der Waals surface area (Å²) in [7, 11) is 0. The lowest BCUT2D eigenvalue weighted by Crippen LogP contribution is -1.92. The maximum atomic E-state index is 14.3. The Bertz CT molecular complexity index is 910. The molecule has 0 amide bonds. The first-order chi connectivity index (χ1) is 12.7. The number of rotatable bonds is 6. The highest BCUT2D eigenvalue weighted by Gasteiger charge is 2.14. The summed E-state index contributed by atoms with van der Waals surface area (Å²) in [5.74, 6) is -1.63. The van der Waals surface area contributed by atoms with Crippen molar-refractivity contribution < 1.29 is 8.78 Å². The molecule has 26 heavy (non-hydrogen) atoms. The average Bonchev–Trinajstić information content (AvgIpc) is 2.68. The fourth-order valence-electron chi connectivity index (χ4n) is 3.11. The van der Waals surface area contributed by atoms with Crippen LogP contribution in [0.15, 0.2) is 78.9 Å². The minimum Gasteiger partial charge on any atom is -0.204 e. The second-order valence-electron chi connectivity index (χ2n) is 6.27. The summed E-state index contributed by atoms with van der Waals surface area (Å²) in [5.41, 5.74) is 4.14. The standard InChI is InChI=1S/C24H22F2/c1-2-3-4-5-10-18-11-8-12-19(17-18)20-13-6-7-14-21(20)22-15-9-16-23(25)24(22)26/h3-4,6-9,11-17H,2,5,10H2,1H3. The average molecular weight is 348 g/mol. The SMILES string of the molecule is CCC=CCCc1cccc(-c2ccccc2-c2cccc(F)c2F)c1. The van der Waals surface area contributed by atoms with Gasteiger partial charge in [0.2, 0.25) is 0 Å². The number of benzene rings is 3. The zero-order chi connectivity index (χ0) is 18.4. The van der Waals surface area contributed by atoms with Crippen molar-refractivity contribution in [1.29, 1.82) is 0 Å². The van der Waals surface area contributed by atoms with E-state index in [1.165, 1.54) is 5.56 Å². The Labute approximate surface area is 153 Å². The summed E-state index contributed by atoms with van der Waals surface area (Å²) in [6.07, 6.45) is 7.37. The third kappa shape index (κ3) is 4.08. The highest BCUT2D eigenvalue weighted by Crippen LogP contribution is 2.34. The van der Waals surface area contributed by atoms with Gasteiger partial charge < -0.3 is 0 Å². The fourth-order valence-corrected chi connectivity index (χ4v) is 3.11. The van der Waals surface area contributed by atoms with Crippen LogP contribution in [0.5, 0.6) is 0 Å². The molecule has 3 rings (SSSR count). The van der Waals surface area contributed by atoms with Crippen molar-refractivity contribution >= 4 is 0 Å². The van der Waals surface area contributed by atoms with E-state index >= 15 is 0 Å². The van der Waals surface area contributed by atoms with Gasteiger partial charge in [0, 0.05) is 5.56 Å².